The van der Waals surface area contributed by atoms with E-state index in [1.165, 1.54) is 6.33 Å². The van der Waals surface area contributed by atoms with Crippen molar-refractivity contribution in [3.8, 4) is 11.1 Å². The molecular formula is C17H21N7. The lowest BCUT2D eigenvalue weighted by atomic mass is 9.91. The van der Waals surface area contributed by atoms with E-state index < -0.39 is 0 Å². The molecular weight excluding hydrogens is 302 g/mol. The Kier molecular flexibility index (Phi) is 3.87. The van der Waals surface area contributed by atoms with Gasteiger partial charge < -0.3 is 21.4 Å². The summed E-state index contributed by atoms with van der Waals surface area (Å²) in [5.74, 6) is 0. The van der Waals surface area contributed by atoms with E-state index in [2.05, 4.69) is 30.6 Å². The Morgan fingerprint density at radius 3 is 2.96 bits per heavy atom. The lowest BCUT2D eigenvalue weighted by Crippen LogP contribution is -2.56. The van der Waals surface area contributed by atoms with Crippen LogP contribution in [0.5, 0.6) is 0 Å². The molecule has 1 aliphatic heterocycles. The first kappa shape index (κ1) is 15.0. The molecule has 24 heavy (non-hydrogen) atoms. The summed E-state index contributed by atoms with van der Waals surface area (Å²) < 4.78 is 0. The van der Waals surface area contributed by atoms with Crippen LogP contribution in [0.2, 0.25) is 0 Å². The fourth-order valence-corrected chi connectivity index (χ4v) is 3.28. The molecule has 4 rings (SSSR count). The predicted octanol–water partition coefficient (Wildman–Crippen LogP) is 1.51. The maximum atomic E-state index is 6.51. The zero-order valence-electron chi connectivity index (χ0n) is 13.4. The summed E-state index contributed by atoms with van der Waals surface area (Å²) in [5, 5.41) is 7.95. The predicted molar refractivity (Wildman–Crippen MR) is 94.6 cm³/mol. The Bertz CT molecular complexity index is 821. The molecule has 7 nitrogen and oxygen atoms in total. The smallest absolute Gasteiger partial charge is 0.139 e. The highest BCUT2D eigenvalue weighted by Crippen LogP contribution is 2.32. The third kappa shape index (κ3) is 2.83. The third-order valence-electron chi connectivity index (χ3n) is 4.58. The number of pyridine rings is 1. The van der Waals surface area contributed by atoms with E-state index in [9.17, 15) is 0 Å². The molecule has 0 aliphatic carbocycles. The first-order chi connectivity index (χ1) is 11.8. The number of H-pyrrole nitrogens is 1. The van der Waals surface area contributed by atoms with Crippen LogP contribution in [0.15, 0.2) is 37.2 Å². The zero-order chi connectivity index (χ0) is 16.4. The average Bonchev–Trinajstić information content (AvgIpc) is 3.06. The molecule has 1 fully saturated rings. The van der Waals surface area contributed by atoms with Crippen molar-refractivity contribution in [3.63, 3.8) is 0 Å². The monoisotopic (exact) mass is 323 g/mol. The molecule has 0 aromatic carbocycles. The summed E-state index contributed by atoms with van der Waals surface area (Å²) in [6, 6.07) is 1.99. The highest BCUT2D eigenvalue weighted by Gasteiger charge is 2.27. The van der Waals surface area contributed by atoms with E-state index in [1.807, 2.05) is 24.7 Å². The van der Waals surface area contributed by atoms with Gasteiger partial charge in [0, 0.05) is 65.6 Å². The number of rotatable bonds is 4. The summed E-state index contributed by atoms with van der Waals surface area (Å²) in [5.41, 5.74) is 10.1. The Balaban J connectivity index is 1.67. The molecule has 124 valence electrons. The van der Waals surface area contributed by atoms with Gasteiger partial charge in [0.2, 0.25) is 0 Å². The average molecular weight is 323 g/mol. The van der Waals surface area contributed by atoms with Crippen molar-refractivity contribution in [2.75, 3.05) is 25.0 Å². The Morgan fingerprint density at radius 1 is 1.29 bits per heavy atom. The van der Waals surface area contributed by atoms with Gasteiger partial charge in [-0.05, 0) is 25.5 Å². The Hall–Kier alpha value is -2.51. The van der Waals surface area contributed by atoms with Gasteiger partial charge in [-0.25, -0.2) is 15.0 Å². The molecule has 0 unspecified atom stereocenters. The quantitative estimate of drug-likeness (QED) is 0.580. The van der Waals surface area contributed by atoms with Crippen molar-refractivity contribution >= 4 is 16.7 Å². The minimum atomic E-state index is -0.222. The molecule has 5 N–H and O–H groups in total. The number of nitrogens with one attached hydrogen (secondary N) is 3. The van der Waals surface area contributed by atoms with E-state index in [-0.39, 0.29) is 5.54 Å². The van der Waals surface area contributed by atoms with Gasteiger partial charge in [-0.2, -0.15) is 0 Å². The highest BCUT2D eigenvalue weighted by molar-refractivity contribution is 6.02. The topological polar surface area (TPSA) is 105 Å². The second-order valence-corrected chi connectivity index (χ2v) is 6.41. The first-order valence-electron chi connectivity index (χ1n) is 8.20. The maximum Gasteiger partial charge on any atom is 0.139 e. The van der Waals surface area contributed by atoms with Crippen molar-refractivity contribution in [3.05, 3.63) is 37.2 Å². The van der Waals surface area contributed by atoms with E-state index in [0.717, 1.165) is 60.3 Å². The standard InChI is InChI=1S/C17H21N7/c18-17(3-1-4-19-9-17)10-24-14-2-5-22-16-15(14)13(8-23-16)12-6-20-11-21-7-12/h2,5-8,11,19H,1,3-4,9-10,18H2,(H2,22,23,24)/t17-/m1/s1. The minimum absolute atomic E-state index is 0.222. The van der Waals surface area contributed by atoms with Gasteiger partial charge in [0.25, 0.3) is 0 Å². The zero-order valence-corrected chi connectivity index (χ0v) is 13.4. The molecule has 1 aliphatic rings. The molecule has 0 amide bonds. The summed E-state index contributed by atoms with van der Waals surface area (Å²) in [6.45, 7) is 2.60. The molecule has 0 spiro atoms. The molecule has 1 saturated heterocycles. The second-order valence-electron chi connectivity index (χ2n) is 6.41. The number of aromatic nitrogens is 4. The van der Waals surface area contributed by atoms with Crippen LogP contribution in [0.3, 0.4) is 0 Å². The normalized spacial score (nSPS) is 21.0. The van der Waals surface area contributed by atoms with Gasteiger partial charge >= 0.3 is 0 Å². The number of piperidine rings is 1. The fourth-order valence-electron chi connectivity index (χ4n) is 3.28. The Morgan fingerprint density at radius 2 is 2.17 bits per heavy atom. The van der Waals surface area contributed by atoms with Crippen LogP contribution in [-0.2, 0) is 0 Å². The van der Waals surface area contributed by atoms with Gasteiger partial charge in [0.1, 0.15) is 12.0 Å². The number of fused-ring (bicyclic) bond motifs is 1. The van der Waals surface area contributed by atoms with Crippen LogP contribution in [0.1, 0.15) is 12.8 Å². The second kappa shape index (κ2) is 6.18. The van der Waals surface area contributed by atoms with Gasteiger partial charge in [0.05, 0.1) is 0 Å². The van der Waals surface area contributed by atoms with Crippen LogP contribution in [0, 0.1) is 0 Å². The lowest BCUT2D eigenvalue weighted by molar-refractivity contribution is 0.330. The van der Waals surface area contributed by atoms with Crippen molar-refractivity contribution in [2.45, 2.75) is 18.4 Å². The molecule has 4 heterocycles. The van der Waals surface area contributed by atoms with Crippen LogP contribution in [-0.4, -0.2) is 45.1 Å². The SMILES string of the molecule is N[C@]1(CNc2ccnc3[nH]cc(-c4cncnc4)c23)CCCNC1. The van der Waals surface area contributed by atoms with E-state index in [0.29, 0.717) is 0 Å². The lowest BCUT2D eigenvalue weighted by Gasteiger charge is -2.34. The number of anilines is 1. The summed E-state index contributed by atoms with van der Waals surface area (Å²) in [6.07, 6.45) is 11.0. The van der Waals surface area contributed by atoms with E-state index in [4.69, 9.17) is 5.73 Å². The van der Waals surface area contributed by atoms with Crippen molar-refractivity contribution in [2.24, 2.45) is 5.73 Å². The van der Waals surface area contributed by atoms with Crippen LogP contribution in [0.4, 0.5) is 5.69 Å². The van der Waals surface area contributed by atoms with Gasteiger partial charge in [-0.1, -0.05) is 0 Å². The van der Waals surface area contributed by atoms with E-state index in [1.54, 1.807) is 6.20 Å². The minimum Gasteiger partial charge on any atom is -0.382 e. The van der Waals surface area contributed by atoms with Gasteiger partial charge in [-0.3, -0.25) is 0 Å². The summed E-state index contributed by atoms with van der Waals surface area (Å²) in [7, 11) is 0. The summed E-state index contributed by atoms with van der Waals surface area (Å²) in [4.78, 5) is 15.9. The number of aromatic amines is 1. The molecule has 0 radical (unpaired) electrons. The van der Waals surface area contributed by atoms with Crippen LogP contribution in [0.25, 0.3) is 22.2 Å². The van der Waals surface area contributed by atoms with Gasteiger partial charge in [0.15, 0.2) is 0 Å². The Labute approximate surface area is 140 Å². The van der Waals surface area contributed by atoms with Gasteiger partial charge in [-0.15, -0.1) is 0 Å². The highest BCUT2D eigenvalue weighted by atomic mass is 15.0. The summed E-state index contributed by atoms with van der Waals surface area (Å²) >= 11 is 0. The molecule has 3 aromatic rings. The third-order valence-corrected chi connectivity index (χ3v) is 4.58. The number of hydrogen-bond donors (Lipinski definition) is 4. The maximum absolute atomic E-state index is 6.51. The molecule has 3 aromatic heterocycles. The first-order valence-corrected chi connectivity index (χ1v) is 8.20. The fraction of sp³-hybridized carbons (Fsp3) is 0.353. The van der Waals surface area contributed by atoms with Crippen LogP contribution >= 0.6 is 0 Å². The number of nitrogens with zero attached hydrogens (tertiary/aromatic N) is 3. The van der Waals surface area contributed by atoms with Crippen molar-refractivity contribution < 1.29 is 0 Å². The van der Waals surface area contributed by atoms with Crippen LogP contribution < -0.4 is 16.4 Å². The molecule has 0 bridgehead atoms. The molecule has 7 heteroatoms. The van der Waals surface area contributed by atoms with Crippen molar-refractivity contribution in [1.29, 1.82) is 0 Å². The number of nitrogens with two attached hydrogens (primary N) is 1. The largest absolute Gasteiger partial charge is 0.382 e. The van der Waals surface area contributed by atoms with E-state index >= 15 is 0 Å². The number of hydrogen-bond acceptors (Lipinski definition) is 6. The molecule has 0 saturated carbocycles. The molecule has 1 atom stereocenters. The van der Waals surface area contributed by atoms with Crippen molar-refractivity contribution in [1.82, 2.24) is 25.3 Å².